The van der Waals surface area contributed by atoms with E-state index in [0.29, 0.717) is 28.1 Å². The van der Waals surface area contributed by atoms with Gasteiger partial charge < -0.3 is 26.3 Å². The zero-order valence-electron chi connectivity index (χ0n) is 12.6. The van der Waals surface area contributed by atoms with Crippen molar-refractivity contribution in [2.45, 2.75) is 20.3 Å². The smallest absolute Gasteiger partial charge is 0.231 e. The van der Waals surface area contributed by atoms with E-state index < -0.39 is 0 Å². The Morgan fingerprint density at radius 2 is 2.23 bits per heavy atom. The highest BCUT2D eigenvalue weighted by molar-refractivity contribution is 6.36. The van der Waals surface area contributed by atoms with Crippen molar-refractivity contribution in [2.24, 2.45) is 0 Å². The number of fused-ring (bicyclic) bond motifs is 1. The van der Waals surface area contributed by atoms with Crippen LogP contribution in [0.1, 0.15) is 20.3 Å². The number of aromatic amines is 1. The molecule has 7 nitrogen and oxygen atoms in total. The molecule has 0 aliphatic heterocycles. The number of nitrogens with zero attached hydrogens (tertiary/aromatic N) is 2. The first-order chi connectivity index (χ1) is 10.7. The second-order valence-corrected chi connectivity index (χ2v) is 5.02. The minimum absolute atomic E-state index is 0.398. The van der Waals surface area contributed by atoms with Crippen LogP contribution in [0.3, 0.4) is 0 Å². The Balaban J connectivity index is 2.31. The molecule has 5 N–H and O–H groups in total. The molecule has 0 unspecified atom stereocenters. The summed E-state index contributed by atoms with van der Waals surface area (Å²) in [6, 6.07) is 0. The molecule has 2 rings (SSSR count). The quantitative estimate of drug-likeness (QED) is 0.380. The highest BCUT2D eigenvalue weighted by atomic mass is 35.5. The Bertz CT molecular complexity index is 677. The van der Waals surface area contributed by atoms with Crippen molar-refractivity contribution >= 4 is 40.6 Å². The van der Waals surface area contributed by atoms with E-state index in [1.165, 1.54) is 6.21 Å². The zero-order valence-corrected chi connectivity index (χ0v) is 13.4. The van der Waals surface area contributed by atoms with Crippen molar-refractivity contribution in [2.75, 3.05) is 23.7 Å². The molecule has 118 valence electrons. The summed E-state index contributed by atoms with van der Waals surface area (Å²) < 4.78 is 0. The maximum Gasteiger partial charge on any atom is 0.231 e. The molecule has 0 spiro atoms. The first-order valence-corrected chi connectivity index (χ1v) is 7.56. The molecular formula is C14H20ClN7. The first kappa shape index (κ1) is 16.1. The van der Waals surface area contributed by atoms with Gasteiger partial charge in [0, 0.05) is 31.7 Å². The van der Waals surface area contributed by atoms with Crippen LogP contribution in [-0.4, -0.2) is 34.3 Å². The number of hydrogen-bond acceptors (Lipinski definition) is 6. The maximum absolute atomic E-state index is 7.45. The third kappa shape index (κ3) is 3.67. The van der Waals surface area contributed by atoms with Gasteiger partial charge in [0.25, 0.3) is 0 Å². The molecule has 0 atom stereocenters. The highest BCUT2D eigenvalue weighted by Gasteiger charge is 2.12. The van der Waals surface area contributed by atoms with E-state index in [4.69, 9.17) is 17.0 Å². The van der Waals surface area contributed by atoms with Crippen LogP contribution in [-0.2, 0) is 0 Å². The molecule has 0 bridgehead atoms. The Morgan fingerprint density at radius 3 is 2.91 bits per heavy atom. The van der Waals surface area contributed by atoms with Gasteiger partial charge in [-0.3, -0.25) is 0 Å². The number of H-pyrrole nitrogens is 1. The van der Waals surface area contributed by atoms with Crippen LogP contribution in [0.15, 0.2) is 18.1 Å². The summed E-state index contributed by atoms with van der Waals surface area (Å²) in [6.07, 6.45) is 5.64. The average molecular weight is 322 g/mol. The van der Waals surface area contributed by atoms with Crippen molar-refractivity contribution in [1.82, 2.24) is 20.3 Å². The van der Waals surface area contributed by atoms with Crippen LogP contribution >= 0.6 is 11.6 Å². The largest absolute Gasteiger partial charge is 0.389 e. The van der Waals surface area contributed by atoms with E-state index >= 15 is 0 Å². The van der Waals surface area contributed by atoms with Crippen LogP contribution in [0.4, 0.5) is 11.8 Å². The van der Waals surface area contributed by atoms with Crippen LogP contribution in [0.25, 0.3) is 11.0 Å². The van der Waals surface area contributed by atoms with Crippen LogP contribution < -0.4 is 16.0 Å². The number of aromatic nitrogens is 3. The third-order valence-corrected chi connectivity index (χ3v) is 3.19. The van der Waals surface area contributed by atoms with E-state index in [-0.39, 0.29) is 0 Å². The molecule has 0 aliphatic carbocycles. The van der Waals surface area contributed by atoms with E-state index in [1.807, 2.05) is 6.92 Å². The molecule has 2 heterocycles. The zero-order chi connectivity index (χ0) is 15.9. The summed E-state index contributed by atoms with van der Waals surface area (Å²) in [5.74, 6) is 1.06. The SMILES string of the molecule is CCCN/C=C(\C=N)Nc1nc(NCC)c2c(Cl)c[nH]c2n1. The summed E-state index contributed by atoms with van der Waals surface area (Å²) >= 11 is 6.15. The van der Waals surface area contributed by atoms with Crippen LogP contribution in [0, 0.1) is 5.41 Å². The van der Waals surface area contributed by atoms with Gasteiger partial charge in [0.05, 0.1) is 16.1 Å². The van der Waals surface area contributed by atoms with E-state index in [2.05, 4.69) is 37.8 Å². The number of hydrogen-bond donors (Lipinski definition) is 5. The summed E-state index contributed by atoms with van der Waals surface area (Å²) in [4.78, 5) is 11.8. The molecule has 0 fully saturated rings. The summed E-state index contributed by atoms with van der Waals surface area (Å²) in [6.45, 7) is 5.62. The second kappa shape index (κ2) is 7.65. The molecule has 8 heteroatoms. The fourth-order valence-electron chi connectivity index (χ4n) is 1.92. The molecule has 2 aromatic rings. The second-order valence-electron chi connectivity index (χ2n) is 4.61. The van der Waals surface area contributed by atoms with Crippen molar-refractivity contribution < 1.29 is 0 Å². The Labute approximate surface area is 134 Å². The van der Waals surface area contributed by atoms with Gasteiger partial charge in [0.2, 0.25) is 5.95 Å². The van der Waals surface area contributed by atoms with Gasteiger partial charge in [-0.15, -0.1) is 0 Å². The van der Waals surface area contributed by atoms with Gasteiger partial charge in [-0.25, -0.2) is 0 Å². The number of nitrogens with one attached hydrogen (secondary N) is 5. The van der Waals surface area contributed by atoms with Crippen LogP contribution in [0.2, 0.25) is 5.02 Å². The lowest BCUT2D eigenvalue weighted by Crippen LogP contribution is -2.13. The predicted octanol–water partition coefficient (Wildman–Crippen LogP) is 2.95. The Morgan fingerprint density at radius 1 is 1.41 bits per heavy atom. The topological polar surface area (TPSA) is 102 Å². The number of halogens is 1. The van der Waals surface area contributed by atoms with E-state index in [0.717, 1.165) is 24.9 Å². The molecule has 0 saturated carbocycles. The predicted molar refractivity (Wildman–Crippen MR) is 91.8 cm³/mol. The highest BCUT2D eigenvalue weighted by Crippen LogP contribution is 2.28. The fraction of sp³-hybridized carbons (Fsp3) is 0.357. The molecule has 2 aromatic heterocycles. The Hall–Kier alpha value is -2.28. The third-order valence-electron chi connectivity index (χ3n) is 2.89. The Kier molecular flexibility index (Phi) is 5.60. The van der Waals surface area contributed by atoms with Gasteiger partial charge in [0.15, 0.2) is 0 Å². The average Bonchev–Trinajstić information content (AvgIpc) is 2.88. The first-order valence-electron chi connectivity index (χ1n) is 7.19. The minimum Gasteiger partial charge on any atom is -0.389 e. The number of rotatable bonds is 8. The van der Waals surface area contributed by atoms with E-state index in [9.17, 15) is 0 Å². The molecule has 0 aromatic carbocycles. The van der Waals surface area contributed by atoms with Gasteiger partial charge in [-0.2, -0.15) is 9.97 Å². The normalized spacial score (nSPS) is 11.5. The van der Waals surface area contributed by atoms with Crippen LogP contribution in [0.5, 0.6) is 0 Å². The molecular weight excluding hydrogens is 302 g/mol. The van der Waals surface area contributed by atoms with Crippen molar-refractivity contribution in [3.8, 4) is 0 Å². The fourth-order valence-corrected chi connectivity index (χ4v) is 2.15. The molecule has 0 saturated heterocycles. The van der Waals surface area contributed by atoms with Gasteiger partial charge in [0.1, 0.15) is 11.5 Å². The van der Waals surface area contributed by atoms with Gasteiger partial charge in [-0.05, 0) is 13.3 Å². The van der Waals surface area contributed by atoms with E-state index in [1.54, 1.807) is 12.4 Å². The molecule has 0 amide bonds. The molecule has 22 heavy (non-hydrogen) atoms. The number of allylic oxidation sites excluding steroid dienone is 1. The lowest BCUT2D eigenvalue weighted by molar-refractivity contribution is 0.806. The summed E-state index contributed by atoms with van der Waals surface area (Å²) in [5, 5.41) is 18.1. The van der Waals surface area contributed by atoms with Crippen molar-refractivity contribution in [1.29, 1.82) is 5.41 Å². The van der Waals surface area contributed by atoms with Crippen molar-refractivity contribution in [3.63, 3.8) is 0 Å². The molecule has 0 radical (unpaired) electrons. The number of anilines is 2. The lowest BCUT2D eigenvalue weighted by atomic mass is 10.3. The minimum atomic E-state index is 0.398. The van der Waals surface area contributed by atoms with Crippen molar-refractivity contribution in [3.05, 3.63) is 23.1 Å². The summed E-state index contributed by atoms with van der Waals surface area (Å²) in [7, 11) is 0. The van der Waals surface area contributed by atoms with Gasteiger partial charge in [-0.1, -0.05) is 18.5 Å². The lowest BCUT2D eigenvalue weighted by Gasteiger charge is -2.09. The standard InChI is InChI=1S/C14H20ClN7/c1-3-5-17-7-9(6-16)20-14-21-12(18-4-2)11-10(15)8-19-13(11)22-14/h6-8,16-17H,3-5H2,1-2H3,(H3,18,19,20,21,22)/b9-7+,16-6?. The maximum atomic E-state index is 7.45. The molecule has 0 aliphatic rings. The monoisotopic (exact) mass is 321 g/mol. The summed E-state index contributed by atoms with van der Waals surface area (Å²) in [5.41, 5.74) is 1.22. The van der Waals surface area contributed by atoms with Gasteiger partial charge >= 0.3 is 0 Å².